The summed E-state index contributed by atoms with van der Waals surface area (Å²) >= 11 is 0. The summed E-state index contributed by atoms with van der Waals surface area (Å²) in [5.41, 5.74) is 0.765. The number of carbonyl (C=O) groups excluding carboxylic acids is 1. The summed E-state index contributed by atoms with van der Waals surface area (Å²) < 4.78 is 39.8. The summed E-state index contributed by atoms with van der Waals surface area (Å²) in [6.07, 6.45) is 0.202. The van der Waals surface area contributed by atoms with E-state index >= 15 is 0 Å². The number of nitrogens with one attached hydrogen (secondary N) is 1. The standard InChI is InChI=1S/C22H23F2N3O3/c1-29-15-10-17(23)19(18(24)11-15)16-12-27-9-5-8-25-21(27)20(16)26-22(28)30-13-14-6-3-2-4-7-14/h2-4,6-7,10-11,16,20H,5,8-9,12-13H2,1H3,(H,26,28)/t16-,20-/m0/s1. The van der Waals surface area contributed by atoms with Crippen LogP contribution in [-0.2, 0) is 11.3 Å². The topological polar surface area (TPSA) is 63.2 Å². The van der Waals surface area contributed by atoms with Gasteiger partial charge in [-0.2, -0.15) is 0 Å². The molecular weight excluding hydrogens is 392 g/mol. The van der Waals surface area contributed by atoms with Gasteiger partial charge in [0, 0.05) is 43.2 Å². The SMILES string of the molecule is COc1cc(F)c([C@@H]2CN3CCCN=C3[C@H]2NC(=O)OCc2ccccc2)c(F)c1. The van der Waals surface area contributed by atoms with Crippen LogP contribution in [0.15, 0.2) is 47.5 Å². The first kappa shape index (κ1) is 20.1. The van der Waals surface area contributed by atoms with Crippen molar-refractivity contribution < 1.29 is 23.0 Å². The zero-order valence-electron chi connectivity index (χ0n) is 16.6. The van der Waals surface area contributed by atoms with E-state index < -0.39 is 29.7 Å². The summed E-state index contributed by atoms with van der Waals surface area (Å²) in [6.45, 7) is 1.81. The Hall–Kier alpha value is -3.16. The minimum Gasteiger partial charge on any atom is -0.497 e. The highest BCUT2D eigenvalue weighted by molar-refractivity contribution is 5.94. The number of halogens is 2. The number of hydrogen-bond donors (Lipinski definition) is 1. The van der Waals surface area contributed by atoms with E-state index in [9.17, 15) is 13.6 Å². The highest BCUT2D eigenvalue weighted by Crippen LogP contribution is 2.35. The molecule has 8 heteroatoms. The molecule has 1 saturated heterocycles. The number of benzene rings is 2. The molecule has 4 rings (SSSR count). The van der Waals surface area contributed by atoms with Crippen LogP contribution in [0.3, 0.4) is 0 Å². The van der Waals surface area contributed by atoms with Crippen molar-refractivity contribution in [3.05, 3.63) is 65.2 Å². The van der Waals surface area contributed by atoms with Crippen molar-refractivity contribution in [1.82, 2.24) is 10.2 Å². The molecule has 30 heavy (non-hydrogen) atoms. The van der Waals surface area contributed by atoms with E-state index in [4.69, 9.17) is 9.47 Å². The molecule has 1 N–H and O–H groups in total. The minimum atomic E-state index is -0.707. The van der Waals surface area contributed by atoms with Gasteiger partial charge in [0.2, 0.25) is 0 Å². The Morgan fingerprint density at radius 2 is 1.97 bits per heavy atom. The number of amidine groups is 1. The minimum absolute atomic E-state index is 0.0822. The summed E-state index contributed by atoms with van der Waals surface area (Å²) in [7, 11) is 1.35. The number of aliphatic imine (C=N–C) groups is 1. The Morgan fingerprint density at radius 1 is 1.23 bits per heavy atom. The lowest BCUT2D eigenvalue weighted by Gasteiger charge is -2.25. The molecule has 2 aliphatic heterocycles. The molecule has 2 aromatic rings. The fraction of sp³-hybridized carbons (Fsp3) is 0.364. The summed E-state index contributed by atoms with van der Waals surface area (Å²) in [4.78, 5) is 19.0. The van der Waals surface area contributed by atoms with E-state index in [1.165, 1.54) is 7.11 Å². The molecule has 6 nitrogen and oxygen atoms in total. The van der Waals surface area contributed by atoms with E-state index in [2.05, 4.69) is 10.3 Å². The van der Waals surface area contributed by atoms with Crippen molar-refractivity contribution in [2.75, 3.05) is 26.7 Å². The lowest BCUT2D eigenvalue weighted by molar-refractivity contribution is 0.137. The van der Waals surface area contributed by atoms with Crippen LogP contribution in [0.25, 0.3) is 0 Å². The first-order chi connectivity index (χ1) is 14.6. The van der Waals surface area contributed by atoms with Crippen molar-refractivity contribution >= 4 is 11.9 Å². The Morgan fingerprint density at radius 3 is 2.67 bits per heavy atom. The predicted molar refractivity (Wildman–Crippen MR) is 108 cm³/mol. The first-order valence-electron chi connectivity index (χ1n) is 9.86. The van der Waals surface area contributed by atoms with Gasteiger partial charge >= 0.3 is 6.09 Å². The van der Waals surface area contributed by atoms with Gasteiger partial charge in [-0.1, -0.05) is 30.3 Å². The van der Waals surface area contributed by atoms with Crippen molar-refractivity contribution in [1.29, 1.82) is 0 Å². The highest BCUT2D eigenvalue weighted by atomic mass is 19.1. The number of rotatable bonds is 5. The highest BCUT2D eigenvalue weighted by Gasteiger charge is 2.43. The Balaban J connectivity index is 1.56. The van der Waals surface area contributed by atoms with Gasteiger partial charge in [0.15, 0.2) is 0 Å². The van der Waals surface area contributed by atoms with Crippen molar-refractivity contribution in [2.24, 2.45) is 4.99 Å². The molecule has 158 valence electrons. The molecule has 0 aromatic heterocycles. The second-order valence-corrected chi connectivity index (χ2v) is 7.33. The number of methoxy groups -OCH3 is 1. The third-order valence-corrected chi connectivity index (χ3v) is 5.43. The quantitative estimate of drug-likeness (QED) is 0.812. The zero-order chi connectivity index (χ0) is 21.1. The lowest BCUT2D eigenvalue weighted by atomic mass is 9.92. The molecule has 0 aliphatic carbocycles. The van der Waals surface area contributed by atoms with Gasteiger partial charge in [-0.15, -0.1) is 0 Å². The van der Waals surface area contributed by atoms with Gasteiger partial charge in [0.1, 0.15) is 29.8 Å². The third kappa shape index (κ3) is 4.08. The van der Waals surface area contributed by atoms with Gasteiger partial charge in [0.05, 0.1) is 13.2 Å². The van der Waals surface area contributed by atoms with Crippen LogP contribution < -0.4 is 10.1 Å². The van der Waals surface area contributed by atoms with Crippen LogP contribution in [0, 0.1) is 11.6 Å². The van der Waals surface area contributed by atoms with Crippen LogP contribution in [-0.4, -0.2) is 49.6 Å². The molecule has 0 spiro atoms. The largest absolute Gasteiger partial charge is 0.497 e. The number of nitrogens with zero attached hydrogens (tertiary/aromatic N) is 2. The molecule has 0 saturated carbocycles. The molecule has 0 unspecified atom stereocenters. The van der Waals surface area contributed by atoms with Crippen molar-refractivity contribution in [3.63, 3.8) is 0 Å². The number of carbonyl (C=O) groups is 1. The monoisotopic (exact) mass is 415 g/mol. The van der Waals surface area contributed by atoms with Gasteiger partial charge < -0.3 is 19.7 Å². The predicted octanol–water partition coefficient (Wildman–Crippen LogP) is 3.47. The second-order valence-electron chi connectivity index (χ2n) is 7.33. The van der Waals surface area contributed by atoms with Gasteiger partial charge in [-0.25, -0.2) is 13.6 Å². The van der Waals surface area contributed by atoms with Crippen molar-refractivity contribution in [3.8, 4) is 5.75 Å². The second kappa shape index (κ2) is 8.69. The summed E-state index contributed by atoms with van der Waals surface area (Å²) in [5.74, 6) is -1.30. The average molecular weight is 415 g/mol. The maximum absolute atomic E-state index is 14.8. The van der Waals surface area contributed by atoms with Crippen LogP contribution in [0.1, 0.15) is 23.5 Å². The fourth-order valence-electron chi connectivity index (χ4n) is 4.02. The number of alkyl carbamates (subject to hydrolysis) is 1. The summed E-state index contributed by atoms with van der Waals surface area (Å²) in [5, 5.41) is 2.78. The Kier molecular flexibility index (Phi) is 5.83. The number of hydrogen-bond acceptors (Lipinski definition) is 5. The molecule has 2 atom stereocenters. The molecular formula is C22H23F2N3O3. The molecule has 0 radical (unpaired) electrons. The first-order valence-corrected chi connectivity index (χ1v) is 9.86. The van der Waals surface area contributed by atoms with Crippen LogP contribution in [0.5, 0.6) is 5.75 Å². The molecule has 1 fully saturated rings. The Bertz CT molecular complexity index is 929. The molecule has 1 amide bonds. The third-order valence-electron chi connectivity index (χ3n) is 5.43. The number of fused-ring (bicyclic) bond motifs is 1. The molecule has 2 heterocycles. The van der Waals surface area contributed by atoms with Gasteiger partial charge in [0.25, 0.3) is 0 Å². The normalized spacial score (nSPS) is 20.4. The summed E-state index contributed by atoms with van der Waals surface area (Å²) in [6, 6.07) is 10.9. The maximum Gasteiger partial charge on any atom is 0.408 e. The van der Waals surface area contributed by atoms with E-state index in [0.29, 0.717) is 18.9 Å². The van der Waals surface area contributed by atoms with Gasteiger partial charge in [-0.05, 0) is 12.0 Å². The molecule has 2 aromatic carbocycles. The number of amides is 1. The molecule has 2 aliphatic rings. The van der Waals surface area contributed by atoms with Crippen molar-refractivity contribution in [2.45, 2.75) is 25.0 Å². The van der Waals surface area contributed by atoms with Crippen LogP contribution in [0.2, 0.25) is 0 Å². The van der Waals surface area contributed by atoms with E-state index in [1.807, 2.05) is 35.2 Å². The molecule has 0 bridgehead atoms. The zero-order valence-corrected chi connectivity index (χ0v) is 16.6. The van der Waals surface area contributed by atoms with Crippen LogP contribution >= 0.6 is 0 Å². The maximum atomic E-state index is 14.8. The van der Waals surface area contributed by atoms with Crippen LogP contribution in [0.4, 0.5) is 13.6 Å². The number of ether oxygens (including phenoxy) is 2. The van der Waals surface area contributed by atoms with E-state index in [-0.39, 0.29) is 17.9 Å². The smallest absolute Gasteiger partial charge is 0.408 e. The Labute approximate surface area is 173 Å². The van der Waals surface area contributed by atoms with E-state index in [0.717, 1.165) is 30.7 Å². The average Bonchev–Trinajstić information content (AvgIpc) is 3.10. The fourth-order valence-corrected chi connectivity index (χ4v) is 4.02. The van der Waals surface area contributed by atoms with E-state index in [1.54, 1.807) is 0 Å². The van der Waals surface area contributed by atoms with Gasteiger partial charge in [-0.3, -0.25) is 4.99 Å². The lowest BCUT2D eigenvalue weighted by Crippen LogP contribution is -2.45.